The van der Waals surface area contributed by atoms with Crippen LogP contribution in [0.4, 0.5) is 18.9 Å². The number of carbonyl (C=O) groups is 2. The highest BCUT2D eigenvalue weighted by atomic mass is 35.5. The summed E-state index contributed by atoms with van der Waals surface area (Å²) in [5.74, 6) is -4.22. The second-order valence-electron chi connectivity index (χ2n) is 3.26. The highest BCUT2D eigenvalue weighted by Gasteiger charge is 2.40. The van der Waals surface area contributed by atoms with Crippen LogP contribution in [0.25, 0.3) is 0 Å². The van der Waals surface area contributed by atoms with Crippen molar-refractivity contribution < 1.29 is 32.6 Å². The minimum atomic E-state index is -5.16. The van der Waals surface area contributed by atoms with Crippen LogP contribution in [0.1, 0.15) is 10.4 Å². The van der Waals surface area contributed by atoms with Gasteiger partial charge in [0.05, 0.1) is 23.4 Å². The summed E-state index contributed by atoms with van der Waals surface area (Å²) >= 11 is 5.65. The van der Waals surface area contributed by atoms with Crippen LogP contribution in [0, 0.1) is 0 Å². The molecule has 1 rings (SSSR count). The molecule has 1 aromatic carbocycles. The Labute approximate surface area is 109 Å². The van der Waals surface area contributed by atoms with Crippen LogP contribution in [0.2, 0.25) is 5.02 Å². The zero-order valence-electron chi connectivity index (χ0n) is 9.34. The van der Waals surface area contributed by atoms with Gasteiger partial charge in [-0.25, -0.2) is 4.79 Å². The molecular weight excluding hydrogens is 291 g/mol. The number of anilines is 1. The molecule has 9 heteroatoms. The van der Waals surface area contributed by atoms with E-state index in [1.165, 1.54) is 5.32 Å². The topological polar surface area (TPSA) is 75.6 Å². The highest BCUT2D eigenvalue weighted by Crippen LogP contribution is 2.36. The van der Waals surface area contributed by atoms with Gasteiger partial charge in [0.1, 0.15) is 0 Å². The molecule has 104 valence electrons. The molecule has 0 aliphatic heterocycles. The van der Waals surface area contributed by atoms with Crippen molar-refractivity contribution in [3.05, 3.63) is 22.7 Å². The Hall–Kier alpha value is -1.96. The molecule has 0 aliphatic carbocycles. The molecule has 0 radical (unpaired) electrons. The number of nitrogens with one attached hydrogen (secondary N) is 1. The molecule has 19 heavy (non-hydrogen) atoms. The van der Waals surface area contributed by atoms with E-state index in [1.54, 1.807) is 0 Å². The van der Waals surface area contributed by atoms with Crippen molar-refractivity contribution in [2.45, 2.75) is 6.18 Å². The van der Waals surface area contributed by atoms with Crippen LogP contribution < -0.4 is 10.1 Å². The number of halogens is 4. The Morgan fingerprint density at radius 3 is 2.37 bits per heavy atom. The maximum absolute atomic E-state index is 12.2. The first-order valence-electron chi connectivity index (χ1n) is 4.66. The maximum atomic E-state index is 12.2. The van der Waals surface area contributed by atoms with Crippen LogP contribution in [0.3, 0.4) is 0 Å². The van der Waals surface area contributed by atoms with Crippen molar-refractivity contribution >= 4 is 29.2 Å². The summed E-state index contributed by atoms with van der Waals surface area (Å²) in [6.45, 7) is 0. The van der Waals surface area contributed by atoms with Gasteiger partial charge in [-0.15, -0.1) is 0 Å². The summed E-state index contributed by atoms with van der Waals surface area (Å²) < 4.78 is 41.2. The Balaban J connectivity index is 3.34. The number of alkyl halides is 3. The molecule has 1 amide bonds. The summed E-state index contributed by atoms with van der Waals surface area (Å²) in [6, 6.07) is 2.09. The predicted octanol–water partition coefficient (Wildman–Crippen LogP) is 2.55. The van der Waals surface area contributed by atoms with E-state index in [2.05, 4.69) is 0 Å². The van der Waals surface area contributed by atoms with Crippen LogP contribution in [0.5, 0.6) is 5.75 Å². The van der Waals surface area contributed by atoms with Crippen molar-refractivity contribution in [3.8, 4) is 5.75 Å². The van der Waals surface area contributed by atoms with Gasteiger partial charge in [0, 0.05) is 0 Å². The number of ether oxygens (including phenoxy) is 1. The molecular formula is C10H7ClF3NO4. The molecule has 0 heterocycles. The number of benzene rings is 1. The van der Waals surface area contributed by atoms with Crippen LogP contribution in [-0.4, -0.2) is 30.3 Å². The van der Waals surface area contributed by atoms with E-state index in [4.69, 9.17) is 21.4 Å². The number of carboxylic acids is 1. The third-order valence-electron chi connectivity index (χ3n) is 2.04. The van der Waals surface area contributed by atoms with Crippen molar-refractivity contribution in [1.82, 2.24) is 0 Å². The highest BCUT2D eigenvalue weighted by molar-refractivity contribution is 6.33. The fraction of sp³-hybridized carbons (Fsp3) is 0.200. The molecule has 0 bridgehead atoms. The lowest BCUT2D eigenvalue weighted by Gasteiger charge is -2.15. The van der Waals surface area contributed by atoms with Gasteiger partial charge in [-0.3, -0.25) is 4.79 Å². The van der Waals surface area contributed by atoms with Gasteiger partial charge in [0.25, 0.3) is 0 Å². The first kappa shape index (κ1) is 15.1. The van der Waals surface area contributed by atoms with Crippen LogP contribution in [-0.2, 0) is 4.79 Å². The molecule has 0 unspecified atom stereocenters. The van der Waals surface area contributed by atoms with Crippen molar-refractivity contribution in [2.24, 2.45) is 0 Å². The van der Waals surface area contributed by atoms with Crippen molar-refractivity contribution in [2.75, 3.05) is 12.4 Å². The maximum Gasteiger partial charge on any atom is 0.471 e. The molecule has 0 aromatic heterocycles. The molecule has 0 fully saturated rings. The molecule has 0 atom stereocenters. The summed E-state index contributed by atoms with van der Waals surface area (Å²) in [5, 5.41) is 10.2. The molecule has 1 aromatic rings. The number of hydrogen-bond donors (Lipinski definition) is 2. The zero-order chi connectivity index (χ0) is 14.8. The monoisotopic (exact) mass is 297 g/mol. The Morgan fingerprint density at radius 2 is 1.95 bits per heavy atom. The third-order valence-corrected chi connectivity index (χ3v) is 2.34. The zero-order valence-corrected chi connectivity index (χ0v) is 10.1. The summed E-state index contributed by atoms with van der Waals surface area (Å²) in [4.78, 5) is 21.8. The SMILES string of the molecule is COc1c(Cl)ccc(C(=O)O)c1NC(=O)C(F)(F)F. The number of carboxylic acid groups (broad SMARTS) is 1. The smallest absolute Gasteiger partial charge is 0.471 e. The minimum absolute atomic E-state index is 0.134. The largest absolute Gasteiger partial charge is 0.493 e. The first-order chi connectivity index (χ1) is 8.68. The van der Waals surface area contributed by atoms with Gasteiger partial charge in [0.15, 0.2) is 5.75 Å². The predicted molar refractivity (Wildman–Crippen MR) is 59.6 cm³/mol. The summed E-state index contributed by atoms with van der Waals surface area (Å²) in [7, 11) is 1.08. The molecule has 0 spiro atoms. The molecule has 0 saturated heterocycles. The van der Waals surface area contributed by atoms with Gasteiger partial charge >= 0.3 is 18.1 Å². The first-order valence-corrected chi connectivity index (χ1v) is 5.04. The number of carbonyl (C=O) groups excluding carboxylic acids is 1. The molecule has 2 N–H and O–H groups in total. The van der Waals surface area contributed by atoms with Crippen LogP contribution >= 0.6 is 11.6 Å². The average molecular weight is 298 g/mol. The van der Waals surface area contributed by atoms with Gasteiger partial charge in [-0.05, 0) is 12.1 Å². The van der Waals surface area contributed by atoms with Crippen LogP contribution in [0.15, 0.2) is 12.1 Å². The number of hydrogen-bond acceptors (Lipinski definition) is 3. The van der Waals surface area contributed by atoms with Gasteiger partial charge in [-0.2, -0.15) is 13.2 Å². The normalized spacial score (nSPS) is 11.0. The quantitative estimate of drug-likeness (QED) is 0.899. The number of aromatic carboxylic acids is 1. The summed E-state index contributed by atoms with van der Waals surface area (Å²) in [6.07, 6.45) is -5.16. The van der Waals surface area contributed by atoms with Gasteiger partial charge in [0.2, 0.25) is 0 Å². The average Bonchev–Trinajstić information content (AvgIpc) is 2.27. The Morgan fingerprint density at radius 1 is 1.37 bits per heavy atom. The fourth-order valence-electron chi connectivity index (χ4n) is 1.24. The van der Waals surface area contributed by atoms with E-state index in [0.717, 1.165) is 19.2 Å². The lowest BCUT2D eigenvalue weighted by molar-refractivity contribution is -0.167. The van der Waals surface area contributed by atoms with Crippen molar-refractivity contribution in [1.29, 1.82) is 0 Å². The fourth-order valence-corrected chi connectivity index (χ4v) is 1.48. The minimum Gasteiger partial charge on any atom is -0.493 e. The lowest BCUT2D eigenvalue weighted by atomic mass is 10.1. The molecule has 0 aliphatic rings. The van der Waals surface area contributed by atoms with E-state index < -0.39 is 29.3 Å². The Bertz CT molecular complexity index is 530. The van der Waals surface area contributed by atoms with Gasteiger partial charge < -0.3 is 15.2 Å². The second kappa shape index (κ2) is 5.35. The Kier molecular flexibility index (Phi) is 4.25. The van der Waals surface area contributed by atoms with E-state index in [9.17, 15) is 22.8 Å². The van der Waals surface area contributed by atoms with E-state index in [1.807, 2.05) is 0 Å². The molecule has 0 saturated carbocycles. The second-order valence-corrected chi connectivity index (χ2v) is 3.67. The van der Waals surface area contributed by atoms with E-state index in [-0.39, 0.29) is 10.8 Å². The number of rotatable bonds is 3. The summed E-state index contributed by atoms with van der Waals surface area (Å²) in [5.41, 5.74) is -1.22. The van der Waals surface area contributed by atoms with Gasteiger partial charge in [-0.1, -0.05) is 11.6 Å². The standard InChI is InChI=1S/C10H7ClF3NO4/c1-19-7-5(11)3-2-4(8(16)17)6(7)15-9(18)10(12,13)14/h2-3H,1H3,(H,15,18)(H,16,17). The lowest BCUT2D eigenvalue weighted by Crippen LogP contribution is -2.30. The van der Waals surface area contributed by atoms with Crippen molar-refractivity contribution in [3.63, 3.8) is 0 Å². The van der Waals surface area contributed by atoms with E-state index in [0.29, 0.717) is 0 Å². The molecule has 5 nitrogen and oxygen atoms in total. The van der Waals surface area contributed by atoms with E-state index >= 15 is 0 Å². The number of amides is 1. The third kappa shape index (κ3) is 3.28. The number of methoxy groups -OCH3 is 1.